The molecule has 1 heterocycles. The highest BCUT2D eigenvalue weighted by Crippen LogP contribution is 2.20. The van der Waals surface area contributed by atoms with Crippen LogP contribution in [0.3, 0.4) is 0 Å². The molecule has 0 aliphatic carbocycles. The maximum Gasteiger partial charge on any atom is 0.272 e. The predicted molar refractivity (Wildman–Crippen MR) is 121 cm³/mol. The number of hydrogen-bond donors (Lipinski definition) is 1. The average molecular weight is 462 g/mol. The van der Waals surface area contributed by atoms with E-state index in [1.165, 1.54) is 6.92 Å². The van der Waals surface area contributed by atoms with Crippen LogP contribution in [0.5, 0.6) is 0 Å². The Morgan fingerprint density at radius 2 is 1.61 bits per heavy atom. The molecular formula is C22H24ClN3O4S. The Kier molecular flexibility index (Phi) is 7.95. The van der Waals surface area contributed by atoms with Crippen LogP contribution >= 0.6 is 11.6 Å². The lowest BCUT2D eigenvalue weighted by atomic mass is 10.1. The lowest BCUT2D eigenvalue weighted by Gasteiger charge is -2.34. The van der Waals surface area contributed by atoms with Crippen LogP contribution in [0, 0.1) is 0 Å². The Hall–Kier alpha value is -2.55. The second-order valence-corrected chi connectivity index (χ2v) is 9.13. The van der Waals surface area contributed by atoms with Crippen LogP contribution in [0.15, 0.2) is 48.5 Å². The van der Waals surface area contributed by atoms with Gasteiger partial charge in [-0.05, 0) is 41.5 Å². The number of nitrogens with zero attached hydrogens (tertiary/aromatic N) is 2. The summed E-state index contributed by atoms with van der Waals surface area (Å²) < 4.78 is 12.7. The van der Waals surface area contributed by atoms with Crippen LogP contribution in [0.1, 0.15) is 22.8 Å². The Morgan fingerprint density at radius 1 is 1.00 bits per heavy atom. The molecule has 164 valence electrons. The third-order valence-corrected chi connectivity index (χ3v) is 6.50. The molecule has 1 N–H and O–H groups in total. The first-order chi connectivity index (χ1) is 14.8. The zero-order valence-electron chi connectivity index (χ0n) is 17.2. The number of nitrogens with one attached hydrogen (secondary N) is 1. The van der Waals surface area contributed by atoms with Crippen LogP contribution < -0.4 is 5.32 Å². The van der Waals surface area contributed by atoms with E-state index in [2.05, 4.69) is 5.32 Å². The zero-order valence-corrected chi connectivity index (χ0v) is 18.7. The fraction of sp³-hybridized carbons (Fsp3) is 0.318. The molecule has 0 aromatic heterocycles. The number of para-hydroxylation sites is 1. The SMILES string of the molecule is CC(=O)N1CCN(C(=O)C[S+]([O-])Cc2ccccc2NC(=O)c2ccc(Cl)cc2)CC1. The fourth-order valence-electron chi connectivity index (χ4n) is 3.29. The molecule has 1 saturated heterocycles. The smallest absolute Gasteiger partial charge is 0.272 e. The van der Waals surface area contributed by atoms with E-state index >= 15 is 0 Å². The molecule has 0 saturated carbocycles. The van der Waals surface area contributed by atoms with Gasteiger partial charge in [0, 0.05) is 54.9 Å². The summed E-state index contributed by atoms with van der Waals surface area (Å²) in [7, 11) is 0. The van der Waals surface area contributed by atoms with Crippen molar-refractivity contribution in [2.45, 2.75) is 12.7 Å². The van der Waals surface area contributed by atoms with Crippen molar-refractivity contribution in [3.8, 4) is 0 Å². The molecule has 3 amide bonds. The van der Waals surface area contributed by atoms with E-state index in [0.29, 0.717) is 48.0 Å². The molecule has 7 nitrogen and oxygen atoms in total. The molecule has 2 aromatic rings. The van der Waals surface area contributed by atoms with Gasteiger partial charge in [0.15, 0.2) is 5.75 Å². The van der Waals surface area contributed by atoms with Gasteiger partial charge < -0.3 is 19.7 Å². The van der Waals surface area contributed by atoms with Crippen molar-refractivity contribution < 1.29 is 18.9 Å². The average Bonchev–Trinajstić information content (AvgIpc) is 2.75. The standard InChI is InChI=1S/C22H24ClN3O4S/c1-16(27)25-10-12-26(13-11-25)21(28)15-31(30)14-18-4-2-3-5-20(18)24-22(29)17-6-8-19(23)9-7-17/h2-9H,10-15H2,1H3,(H,24,29). The van der Waals surface area contributed by atoms with Crippen molar-refractivity contribution in [3.05, 3.63) is 64.7 Å². The zero-order chi connectivity index (χ0) is 22.4. The van der Waals surface area contributed by atoms with Gasteiger partial charge in [-0.2, -0.15) is 0 Å². The molecule has 3 rings (SSSR count). The van der Waals surface area contributed by atoms with Gasteiger partial charge in [-0.15, -0.1) is 0 Å². The van der Waals surface area contributed by atoms with Gasteiger partial charge >= 0.3 is 0 Å². The Bertz CT molecular complexity index is 946. The Labute approximate surface area is 189 Å². The summed E-state index contributed by atoms with van der Waals surface area (Å²) in [5, 5.41) is 3.38. The maximum atomic E-state index is 12.7. The van der Waals surface area contributed by atoms with Crippen molar-refractivity contribution in [2.24, 2.45) is 0 Å². The number of carbonyl (C=O) groups excluding carboxylic acids is 3. The van der Waals surface area contributed by atoms with E-state index in [1.807, 2.05) is 0 Å². The van der Waals surface area contributed by atoms with Gasteiger partial charge in [0.05, 0.1) is 0 Å². The molecule has 0 bridgehead atoms. The number of halogens is 1. The highest BCUT2D eigenvalue weighted by molar-refractivity contribution is 7.91. The molecule has 0 spiro atoms. The van der Waals surface area contributed by atoms with E-state index in [4.69, 9.17) is 11.6 Å². The molecule has 1 aliphatic rings. The summed E-state index contributed by atoms with van der Waals surface area (Å²) in [5.74, 6) is -0.443. The summed E-state index contributed by atoms with van der Waals surface area (Å²) >= 11 is 4.43. The number of rotatable bonds is 6. The molecular weight excluding hydrogens is 438 g/mol. The van der Waals surface area contributed by atoms with Crippen molar-refractivity contribution in [1.29, 1.82) is 0 Å². The highest BCUT2D eigenvalue weighted by atomic mass is 35.5. The molecule has 1 unspecified atom stereocenters. The van der Waals surface area contributed by atoms with Gasteiger partial charge in [0.1, 0.15) is 5.75 Å². The summed E-state index contributed by atoms with van der Waals surface area (Å²) in [6.07, 6.45) is 0. The normalized spacial score (nSPS) is 14.8. The second kappa shape index (κ2) is 10.7. The molecule has 0 radical (unpaired) electrons. The lowest BCUT2D eigenvalue weighted by molar-refractivity contribution is -0.136. The third-order valence-electron chi connectivity index (χ3n) is 5.05. The van der Waals surface area contributed by atoms with Gasteiger partial charge in [0.25, 0.3) is 11.8 Å². The number of anilines is 1. The second-order valence-electron chi connectivity index (χ2n) is 7.23. The summed E-state index contributed by atoms with van der Waals surface area (Å²) in [6.45, 7) is 3.39. The fourth-order valence-corrected chi connectivity index (χ4v) is 4.57. The van der Waals surface area contributed by atoms with Crippen LogP contribution in [0.4, 0.5) is 5.69 Å². The molecule has 1 atom stereocenters. The van der Waals surface area contributed by atoms with E-state index < -0.39 is 11.2 Å². The van der Waals surface area contributed by atoms with E-state index in [9.17, 15) is 18.9 Å². The monoisotopic (exact) mass is 461 g/mol. The van der Waals surface area contributed by atoms with Crippen molar-refractivity contribution in [3.63, 3.8) is 0 Å². The maximum absolute atomic E-state index is 12.7. The minimum absolute atomic E-state index is 0.00655. The van der Waals surface area contributed by atoms with Crippen LogP contribution in [-0.2, 0) is 26.5 Å². The quantitative estimate of drug-likeness (QED) is 0.669. The summed E-state index contributed by atoms with van der Waals surface area (Å²) in [4.78, 5) is 39.7. The van der Waals surface area contributed by atoms with E-state index in [-0.39, 0.29) is 29.2 Å². The number of benzene rings is 2. The van der Waals surface area contributed by atoms with Gasteiger partial charge in [0.2, 0.25) is 5.91 Å². The third kappa shape index (κ3) is 6.46. The molecule has 1 aliphatic heterocycles. The van der Waals surface area contributed by atoms with Gasteiger partial charge in [-0.1, -0.05) is 29.8 Å². The molecule has 9 heteroatoms. The van der Waals surface area contributed by atoms with Gasteiger partial charge in [-0.3, -0.25) is 14.4 Å². The van der Waals surface area contributed by atoms with E-state index in [0.717, 1.165) is 0 Å². The van der Waals surface area contributed by atoms with Crippen molar-refractivity contribution in [1.82, 2.24) is 9.80 Å². The number of amides is 3. The van der Waals surface area contributed by atoms with Crippen LogP contribution in [-0.4, -0.2) is 64.0 Å². The van der Waals surface area contributed by atoms with Crippen molar-refractivity contribution in [2.75, 3.05) is 37.2 Å². The summed E-state index contributed by atoms with van der Waals surface area (Å²) in [6, 6.07) is 13.6. The minimum atomic E-state index is -1.43. The van der Waals surface area contributed by atoms with E-state index in [1.54, 1.807) is 58.3 Å². The lowest BCUT2D eigenvalue weighted by Crippen LogP contribution is -2.51. The molecule has 31 heavy (non-hydrogen) atoms. The van der Waals surface area contributed by atoms with Crippen LogP contribution in [0.2, 0.25) is 5.02 Å². The topological polar surface area (TPSA) is 92.8 Å². The number of piperazine rings is 1. The minimum Gasteiger partial charge on any atom is -0.616 e. The Balaban J connectivity index is 1.57. The van der Waals surface area contributed by atoms with Gasteiger partial charge in [-0.25, -0.2) is 0 Å². The largest absolute Gasteiger partial charge is 0.616 e. The molecule has 2 aromatic carbocycles. The van der Waals surface area contributed by atoms with Crippen molar-refractivity contribution >= 4 is 46.2 Å². The molecule has 1 fully saturated rings. The van der Waals surface area contributed by atoms with Crippen LogP contribution in [0.25, 0.3) is 0 Å². The first-order valence-electron chi connectivity index (χ1n) is 9.86. The first-order valence-corrected chi connectivity index (χ1v) is 11.7. The predicted octanol–water partition coefficient (Wildman–Crippen LogP) is 2.53. The highest BCUT2D eigenvalue weighted by Gasteiger charge is 2.26. The first kappa shape index (κ1) is 23.1. The number of hydrogen-bond acceptors (Lipinski definition) is 4. The number of carbonyl (C=O) groups is 3. The Morgan fingerprint density at radius 3 is 2.26 bits per heavy atom. The summed E-state index contributed by atoms with van der Waals surface area (Å²) in [5.41, 5.74) is 1.70.